The first-order valence-corrected chi connectivity index (χ1v) is 6.72. The minimum Gasteiger partial charge on any atom is -0.462 e. The lowest BCUT2D eigenvalue weighted by Gasteiger charge is -2.09. The fourth-order valence-electron chi connectivity index (χ4n) is 1.27. The van der Waals surface area contributed by atoms with E-state index in [4.69, 9.17) is 10.5 Å². The van der Waals surface area contributed by atoms with Crippen LogP contribution in [0.2, 0.25) is 0 Å². The number of hydrogen-bond donors (Lipinski definition) is 1. The number of rotatable bonds is 5. The molecule has 0 spiro atoms. The smallest absolute Gasteiger partial charge is 0.340 e. The van der Waals surface area contributed by atoms with Crippen molar-refractivity contribution in [3.63, 3.8) is 0 Å². The van der Waals surface area contributed by atoms with Gasteiger partial charge in [-0.3, -0.25) is 0 Å². The maximum atomic E-state index is 11.6. The highest BCUT2D eigenvalue weighted by molar-refractivity contribution is 7.99. The number of benzene rings is 1. The molecule has 1 aromatic carbocycles. The Hall–Kier alpha value is -1.16. The summed E-state index contributed by atoms with van der Waals surface area (Å²) < 4.78 is 4.96. The van der Waals surface area contributed by atoms with Crippen LogP contribution in [0.15, 0.2) is 23.1 Å². The van der Waals surface area contributed by atoms with Crippen LogP contribution < -0.4 is 5.73 Å². The third kappa shape index (κ3) is 4.30. The molecule has 4 heteroatoms. The number of anilines is 1. The molecule has 0 amide bonds. The van der Waals surface area contributed by atoms with Crippen molar-refractivity contribution in [3.8, 4) is 0 Å². The van der Waals surface area contributed by atoms with Crippen molar-refractivity contribution in [2.75, 3.05) is 18.1 Å². The molecule has 0 unspecified atom stereocenters. The van der Waals surface area contributed by atoms with Gasteiger partial charge in [0, 0.05) is 16.3 Å². The van der Waals surface area contributed by atoms with E-state index in [0.29, 0.717) is 23.8 Å². The quantitative estimate of drug-likeness (QED) is 0.497. The lowest BCUT2D eigenvalue weighted by atomic mass is 10.2. The maximum Gasteiger partial charge on any atom is 0.340 e. The largest absolute Gasteiger partial charge is 0.462 e. The maximum absolute atomic E-state index is 11.6. The predicted molar refractivity (Wildman–Crippen MR) is 72.4 cm³/mol. The van der Waals surface area contributed by atoms with Crippen LogP contribution >= 0.6 is 11.8 Å². The molecule has 2 N–H and O–H groups in total. The van der Waals surface area contributed by atoms with E-state index in [2.05, 4.69) is 13.8 Å². The zero-order valence-electron chi connectivity index (χ0n) is 10.5. The van der Waals surface area contributed by atoms with Gasteiger partial charge in [0.1, 0.15) is 0 Å². The fourth-order valence-corrected chi connectivity index (χ4v) is 2.16. The van der Waals surface area contributed by atoms with Gasteiger partial charge in [-0.15, -0.1) is 11.8 Å². The molecule has 0 saturated carbocycles. The highest BCUT2D eigenvalue weighted by atomic mass is 32.2. The van der Waals surface area contributed by atoms with Crippen LogP contribution in [0.5, 0.6) is 0 Å². The Bertz CT molecular complexity index is 391. The molecule has 0 radical (unpaired) electrons. The van der Waals surface area contributed by atoms with Crippen molar-refractivity contribution in [1.29, 1.82) is 0 Å². The van der Waals surface area contributed by atoms with E-state index in [1.54, 1.807) is 30.8 Å². The summed E-state index contributed by atoms with van der Waals surface area (Å²) in [6.07, 6.45) is 0. The Morgan fingerprint density at radius 1 is 1.47 bits per heavy atom. The monoisotopic (exact) mass is 253 g/mol. The summed E-state index contributed by atoms with van der Waals surface area (Å²) in [5.41, 5.74) is 6.70. The van der Waals surface area contributed by atoms with Crippen LogP contribution in [0.1, 0.15) is 31.1 Å². The minimum absolute atomic E-state index is 0.350. The van der Waals surface area contributed by atoms with E-state index in [1.165, 1.54) is 0 Å². The van der Waals surface area contributed by atoms with Gasteiger partial charge in [-0.1, -0.05) is 13.8 Å². The second kappa shape index (κ2) is 6.55. The average molecular weight is 253 g/mol. The first-order chi connectivity index (χ1) is 8.04. The molecule has 0 fully saturated rings. The highest BCUT2D eigenvalue weighted by Gasteiger charge is 2.11. The summed E-state index contributed by atoms with van der Waals surface area (Å²) in [5.74, 6) is 1.28. The van der Waals surface area contributed by atoms with E-state index >= 15 is 0 Å². The van der Waals surface area contributed by atoms with Crippen LogP contribution in [-0.2, 0) is 4.74 Å². The zero-order chi connectivity index (χ0) is 12.8. The van der Waals surface area contributed by atoms with Gasteiger partial charge in [-0.25, -0.2) is 4.79 Å². The summed E-state index contributed by atoms with van der Waals surface area (Å²) in [6, 6.07) is 5.50. The van der Waals surface area contributed by atoms with Gasteiger partial charge in [0.2, 0.25) is 0 Å². The highest BCUT2D eigenvalue weighted by Crippen LogP contribution is 2.25. The standard InChI is InChI=1S/C13H19NO2S/c1-4-16-13(15)11-7-10(5-6-12(11)14)17-8-9(2)3/h5-7,9H,4,8,14H2,1-3H3. The van der Waals surface area contributed by atoms with Gasteiger partial charge < -0.3 is 10.5 Å². The van der Waals surface area contributed by atoms with Crippen LogP contribution in [0.3, 0.4) is 0 Å². The number of ether oxygens (including phenoxy) is 1. The van der Waals surface area contributed by atoms with Crippen molar-refractivity contribution in [1.82, 2.24) is 0 Å². The molecule has 1 aromatic rings. The molecule has 0 aliphatic carbocycles. The summed E-state index contributed by atoms with van der Waals surface area (Å²) in [4.78, 5) is 12.7. The summed E-state index contributed by atoms with van der Waals surface area (Å²) >= 11 is 1.72. The van der Waals surface area contributed by atoms with Crippen LogP contribution in [0.25, 0.3) is 0 Å². The first-order valence-electron chi connectivity index (χ1n) is 5.74. The Morgan fingerprint density at radius 3 is 2.76 bits per heavy atom. The second-order valence-corrected chi connectivity index (χ2v) is 5.27. The summed E-state index contributed by atoms with van der Waals surface area (Å²) in [7, 11) is 0. The molecule has 94 valence electrons. The zero-order valence-corrected chi connectivity index (χ0v) is 11.3. The van der Waals surface area contributed by atoms with Gasteiger partial charge in [0.15, 0.2) is 0 Å². The van der Waals surface area contributed by atoms with Crippen LogP contribution in [-0.4, -0.2) is 18.3 Å². The van der Waals surface area contributed by atoms with E-state index < -0.39 is 0 Å². The number of nitrogen functional groups attached to an aromatic ring is 1. The molecule has 0 atom stereocenters. The fraction of sp³-hybridized carbons (Fsp3) is 0.462. The van der Waals surface area contributed by atoms with Crippen molar-refractivity contribution < 1.29 is 9.53 Å². The van der Waals surface area contributed by atoms with Gasteiger partial charge in [-0.2, -0.15) is 0 Å². The molecule has 0 saturated heterocycles. The van der Waals surface area contributed by atoms with Gasteiger partial charge >= 0.3 is 5.97 Å². The Labute approximate surface area is 107 Å². The molecule has 0 heterocycles. The molecule has 0 aliphatic heterocycles. The second-order valence-electron chi connectivity index (χ2n) is 4.17. The molecule has 0 bridgehead atoms. The van der Waals surface area contributed by atoms with Crippen molar-refractivity contribution in [2.45, 2.75) is 25.7 Å². The molecule has 1 rings (SSSR count). The average Bonchev–Trinajstić information content (AvgIpc) is 2.28. The first kappa shape index (κ1) is 13.9. The third-order valence-corrected chi connectivity index (χ3v) is 3.52. The number of thioether (sulfide) groups is 1. The summed E-state index contributed by atoms with van der Waals surface area (Å²) in [5, 5.41) is 0. The molecular weight excluding hydrogens is 234 g/mol. The predicted octanol–water partition coefficient (Wildman–Crippen LogP) is 3.19. The van der Waals surface area contributed by atoms with Gasteiger partial charge in [0.05, 0.1) is 12.2 Å². The molecule has 0 aromatic heterocycles. The number of nitrogens with two attached hydrogens (primary N) is 1. The van der Waals surface area contributed by atoms with E-state index in [1.807, 2.05) is 6.07 Å². The van der Waals surface area contributed by atoms with E-state index in [-0.39, 0.29) is 5.97 Å². The van der Waals surface area contributed by atoms with Crippen molar-refractivity contribution in [2.24, 2.45) is 5.92 Å². The summed E-state index contributed by atoms with van der Waals surface area (Å²) in [6.45, 7) is 6.47. The topological polar surface area (TPSA) is 52.3 Å². The molecule has 0 aliphatic rings. The van der Waals surface area contributed by atoms with Crippen LogP contribution in [0, 0.1) is 5.92 Å². The van der Waals surface area contributed by atoms with Crippen LogP contribution in [0.4, 0.5) is 5.69 Å². The Morgan fingerprint density at radius 2 is 2.18 bits per heavy atom. The molecular formula is C13H19NO2S. The number of carbonyl (C=O) groups excluding carboxylic acids is 1. The normalized spacial score (nSPS) is 10.6. The number of hydrogen-bond acceptors (Lipinski definition) is 4. The Kier molecular flexibility index (Phi) is 5.35. The SMILES string of the molecule is CCOC(=O)c1cc(SCC(C)C)ccc1N. The van der Waals surface area contributed by atoms with Gasteiger partial charge in [0.25, 0.3) is 0 Å². The molecule has 3 nitrogen and oxygen atoms in total. The lowest BCUT2D eigenvalue weighted by Crippen LogP contribution is -2.08. The number of carbonyl (C=O) groups is 1. The third-order valence-electron chi connectivity index (χ3n) is 2.10. The Balaban J connectivity index is 2.82. The minimum atomic E-state index is -0.350. The van der Waals surface area contributed by atoms with Gasteiger partial charge in [-0.05, 0) is 31.0 Å². The molecule has 17 heavy (non-hydrogen) atoms. The number of esters is 1. The van der Waals surface area contributed by atoms with Crippen molar-refractivity contribution >= 4 is 23.4 Å². The van der Waals surface area contributed by atoms with E-state index in [0.717, 1.165) is 10.6 Å². The lowest BCUT2D eigenvalue weighted by molar-refractivity contribution is 0.0527. The van der Waals surface area contributed by atoms with Crippen molar-refractivity contribution in [3.05, 3.63) is 23.8 Å². The van der Waals surface area contributed by atoms with E-state index in [9.17, 15) is 4.79 Å².